The molecule has 4 aromatic heterocycles. The van der Waals surface area contributed by atoms with E-state index in [1.807, 2.05) is 0 Å². The van der Waals surface area contributed by atoms with Crippen LogP contribution in [-0.2, 0) is 43.1 Å². The molecule has 0 aliphatic heterocycles. The van der Waals surface area contributed by atoms with E-state index in [-0.39, 0.29) is 38.3 Å². The van der Waals surface area contributed by atoms with Crippen LogP contribution in [0.15, 0.2) is 12.3 Å². The average molecular weight is 614 g/mol. The number of aromatic nitrogens is 5. The highest BCUT2D eigenvalue weighted by Crippen LogP contribution is 2.44. The molecule has 0 saturated heterocycles. The Hall–Kier alpha value is -3.95. The summed E-state index contributed by atoms with van der Waals surface area (Å²) in [6, 6.07) is 0.808. The van der Waals surface area contributed by atoms with Crippen LogP contribution in [0.2, 0.25) is 0 Å². The van der Waals surface area contributed by atoms with Crippen molar-refractivity contribution in [2.24, 2.45) is 5.73 Å². The van der Waals surface area contributed by atoms with E-state index in [0.717, 1.165) is 17.2 Å². The Kier molecular flexibility index (Phi) is 7.53. The summed E-state index contributed by atoms with van der Waals surface area (Å²) in [6.07, 6.45) is -5.78. The molecule has 3 N–H and O–H groups in total. The Labute approximate surface area is 238 Å². The quantitative estimate of drug-likeness (QED) is 0.213. The lowest BCUT2D eigenvalue weighted by atomic mass is 10.0. The van der Waals surface area contributed by atoms with Crippen LogP contribution in [-0.4, -0.2) is 36.4 Å². The molecule has 0 bridgehead atoms. The van der Waals surface area contributed by atoms with E-state index in [9.17, 15) is 35.9 Å². The number of carbonyl (C=O) groups excluding carboxylic acids is 2. The minimum absolute atomic E-state index is 0.0101. The van der Waals surface area contributed by atoms with Crippen molar-refractivity contribution in [1.82, 2.24) is 24.5 Å². The number of amides is 2. The lowest BCUT2D eigenvalue weighted by Crippen LogP contribution is -2.23. The van der Waals surface area contributed by atoms with Crippen molar-refractivity contribution in [2.45, 2.75) is 71.4 Å². The summed E-state index contributed by atoms with van der Waals surface area (Å²) in [4.78, 5) is 28.9. The number of primary amides is 1. The van der Waals surface area contributed by atoms with Gasteiger partial charge < -0.3 is 11.1 Å². The lowest BCUT2D eigenvalue weighted by Gasteiger charge is -2.13. The Balaban J connectivity index is 1.63. The van der Waals surface area contributed by atoms with Crippen molar-refractivity contribution in [3.8, 4) is 11.1 Å². The number of fused-ring (bicyclic) bond motifs is 2. The third kappa shape index (κ3) is 5.34. The van der Waals surface area contributed by atoms with E-state index in [0.29, 0.717) is 54.1 Å². The molecule has 224 valence electrons. The summed E-state index contributed by atoms with van der Waals surface area (Å²) >= 11 is 0.572. The first kappa shape index (κ1) is 29.5. The molecule has 0 unspecified atom stereocenters. The van der Waals surface area contributed by atoms with Gasteiger partial charge in [-0.1, -0.05) is 6.42 Å². The minimum atomic E-state index is -4.83. The van der Waals surface area contributed by atoms with Crippen LogP contribution in [0.3, 0.4) is 0 Å². The highest BCUT2D eigenvalue weighted by Gasteiger charge is 2.40. The Bertz CT molecular complexity index is 1700. The SMILES string of the molecule is CCn1ncc(-c2cc(C(F)(F)F)nc3sc(C(N)=O)c(NC(=O)Cn4nc(C(F)(F)F)c5c4CCCCC5)c23)c1C. The largest absolute Gasteiger partial charge is 0.435 e. The summed E-state index contributed by atoms with van der Waals surface area (Å²) in [5, 5.41) is 10.5. The molecule has 0 spiro atoms. The van der Waals surface area contributed by atoms with Gasteiger partial charge in [0.15, 0.2) is 5.69 Å². The second kappa shape index (κ2) is 10.7. The smallest absolute Gasteiger partial charge is 0.365 e. The summed E-state index contributed by atoms with van der Waals surface area (Å²) < 4.78 is 85.3. The monoisotopic (exact) mass is 613 g/mol. The fraction of sp³-hybridized carbons (Fsp3) is 0.423. The van der Waals surface area contributed by atoms with Crippen LogP contribution in [0, 0.1) is 6.92 Å². The summed E-state index contributed by atoms with van der Waals surface area (Å²) in [6.45, 7) is 3.27. The number of halogens is 6. The van der Waals surface area contributed by atoms with Gasteiger partial charge in [-0.05, 0) is 51.2 Å². The Morgan fingerprint density at radius 3 is 2.38 bits per heavy atom. The highest BCUT2D eigenvalue weighted by molar-refractivity contribution is 7.21. The van der Waals surface area contributed by atoms with Gasteiger partial charge in [0.25, 0.3) is 5.91 Å². The van der Waals surface area contributed by atoms with Crippen molar-refractivity contribution < 1.29 is 35.9 Å². The van der Waals surface area contributed by atoms with Gasteiger partial charge >= 0.3 is 12.4 Å². The average Bonchev–Trinajstić information content (AvgIpc) is 3.49. The van der Waals surface area contributed by atoms with Gasteiger partial charge in [-0.15, -0.1) is 11.3 Å². The van der Waals surface area contributed by atoms with Crippen molar-refractivity contribution >= 4 is 39.1 Å². The van der Waals surface area contributed by atoms with E-state index >= 15 is 0 Å². The van der Waals surface area contributed by atoms with Gasteiger partial charge in [0.1, 0.15) is 21.9 Å². The molecule has 4 aromatic rings. The number of nitrogens with two attached hydrogens (primary N) is 1. The maximum absolute atomic E-state index is 13.8. The van der Waals surface area contributed by atoms with E-state index in [1.54, 1.807) is 18.5 Å². The third-order valence-corrected chi connectivity index (χ3v) is 8.30. The van der Waals surface area contributed by atoms with Gasteiger partial charge in [0.05, 0.1) is 11.9 Å². The molecule has 0 fully saturated rings. The molecular weight excluding hydrogens is 588 g/mol. The van der Waals surface area contributed by atoms with E-state index in [2.05, 4.69) is 20.5 Å². The number of rotatable bonds is 6. The molecule has 5 rings (SSSR count). The molecule has 0 atom stereocenters. The highest BCUT2D eigenvalue weighted by atomic mass is 32.1. The van der Waals surface area contributed by atoms with Crippen molar-refractivity contribution in [1.29, 1.82) is 0 Å². The predicted octanol–water partition coefficient (Wildman–Crippen LogP) is 5.73. The van der Waals surface area contributed by atoms with E-state index < -0.39 is 42.1 Å². The topological polar surface area (TPSA) is 121 Å². The van der Waals surface area contributed by atoms with Crippen LogP contribution in [0.5, 0.6) is 0 Å². The van der Waals surface area contributed by atoms with Gasteiger partial charge in [0.2, 0.25) is 5.91 Å². The molecule has 0 saturated carbocycles. The molecular formula is C26H25F6N7O2S. The molecule has 42 heavy (non-hydrogen) atoms. The molecule has 9 nitrogen and oxygen atoms in total. The maximum atomic E-state index is 13.8. The molecule has 0 radical (unpaired) electrons. The second-order valence-corrected chi connectivity index (χ2v) is 10.9. The number of alkyl halides is 6. The van der Waals surface area contributed by atoms with E-state index in [4.69, 9.17) is 5.73 Å². The van der Waals surface area contributed by atoms with Crippen molar-refractivity contribution in [3.63, 3.8) is 0 Å². The molecule has 16 heteroatoms. The first-order valence-corrected chi connectivity index (χ1v) is 13.8. The number of hydrogen-bond acceptors (Lipinski definition) is 6. The fourth-order valence-electron chi connectivity index (χ4n) is 5.30. The number of carbonyl (C=O) groups is 2. The van der Waals surface area contributed by atoms with Crippen LogP contribution in [0.25, 0.3) is 21.3 Å². The zero-order valence-electron chi connectivity index (χ0n) is 22.4. The zero-order chi connectivity index (χ0) is 30.6. The van der Waals surface area contributed by atoms with E-state index in [1.165, 1.54) is 6.20 Å². The van der Waals surface area contributed by atoms with Crippen LogP contribution in [0.1, 0.15) is 64.2 Å². The van der Waals surface area contributed by atoms with Crippen LogP contribution >= 0.6 is 11.3 Å². The molecule has 1 aliphatic carbocycles. The standard InChI is InChI=1S/C26H25F6N7O2S/c1-3-38-12(2)15(10-34-38)14-9-17(25(27,28)29)35-24-19(14)20(21(42-24)23(33)41)36-18(40)11-39-16-8-6-4-5-7-13(16)22(37-39)26(30,31)32/h9-10H,3-8,11H2,1-2H3,(H2,33,41)(H,36,40). The fourth-order valence-corrected chi connectivity index (χ4v) is 6.31. The summed E-state index contributed by atoms with van der Waals surface area (Å²) in [7, 11) is 0. The van der Waals surface area contributed by atoms with Crippen LogP contribution < -0.4 is 11.1 Å². The molecule has 1 aliphatic rings. The molecule has 2 amide bonds. The van der Waals surface area contributed by atoms with Gasteiger partial charge in [-0.25, -0.2) is 4.98 Å². The number of aryl methyl sites for hydroxylation is 1. The van der Waals surface area contributed by atoms with Gasteiger partial charge in [-0.3, -0.25) is 19.0 Å². The maximum Gasteiger partial charge on any atom is 0.435 e. The summed E-state index contributed by atoms with van der Waals surface area (Å²) in [5.74, 6) is -1.87. The molecule has 0 aromatic carbocycles. The number of pyridine rings is 1. The number of anilines is 1. The number of nitrogens with zero attached hydrogens (tertiary/aromatic N) is 5. The predicted molar refractivity (Wildman–Crippen MR) is 142 cm³/mol. The number of nitrogens with one attached hydrogen (secondary N) is 1. The number of thiophene rings is 1. The second-order valence-electron chi connectivity index (χ2n) is 9.90. The van der Waals surface area contributed by atoms with Gasteiger partial charge in [-0.2, -0.15) is 36.5 Å². The van der Waals surface area contributed by atoms with Gasteiger partial charge in [0, 0.05) is 34.4 Å². The van der Waals surface area contributed by atoms with Crippen LogP contribution in [0.4, 0.5) is 32.0 Å². The van der Waals surface area contributed by atoms with Crippen molar-refractivity contribution in [2.75, 3.05) is 5.32 Å². The van der Waals surface area contributed by atoms with Crippen molar-refractivity contribution in [3.05, 3.63) is 45.5 Å². The summed E-state index contributed by atoms with van der Waals surface area (Å²) in [5.41, 5.74) is 4.32. The molecule has 4 heterocycles. The Morgan fingerprint density at radius 1 is 1.05 bits per heavy atom. The first-order chi connectivity index (χ1) is 19.7. The minimum Gasteiger partial charge on any atom is -0.365 e. The third-order valence-electron chi connectivity index (χ3n) is 7.20. The lowest BCUT2D eigenvalue weighted by molar-refractivity contribution is -0.142. The zero-order valence-corrected chi connectivity index (χ0v) is 23.2. The normalized spacial score (nSPS) is 14.2. The number of hydrogen-bond donors (Lipinski definition) is 2. The first-order valence-electron chi connectivity index (χ1n) is 13.0. The Morgan fingerprint density at radius 2 is 1.76 bits per heavy atom.